The smallest absolute Gasteiger partial charge is 0.150 e. The summed E-state index contributed by atoms with van der Waals surface area (Å²) >= 11 is 0. The van der Waals surface area contributed by atoms with Crippen molar-refractivity contribution in [3.8, 4) is 5.75 Å². The summed E-state index contributed by atoms with van der Waals surface area (Å²) in [6.45, 7) is 6.33. The number of benzene rings is 1. The molecule has 0 N–H and O–H groups in total. The molecule has 0 aliphatic heterocycles. The Morgan fingerprint density at radius 1 is 1.21 bits per heavy atom. The van der Waals surface area contributed by atoms with Crippen LogP contribution in [0.2, 0.25) is 0 Å². The van der Waals surface area contributed by atoms with E-state index < -0.39 is 0 Å². The fourth-order valence-electron chi connectivity index (χ4n) is 2.22. The number of aryl methyl sites for hydroxylation is 4. The second-order valence-electron chi connectivity index (χ2n) is 4.79. The van der Waals surface area contributed by atoms with Crippen LogP contribution < -0.4 is 4.74 Å². The molecule has 1 heterocycles. The lowest BCUT2D eigenvalue weighted by molar-refractivity contribution is 0.112. The molecule has 100 valence electrons. The number of carbonyl (C=O) groups is 1. The van der Waals surface area contributed by atoms with E-state index in [4.69, 9.17) is 4.74 Å². The van der Waals surface area contributed by atoms with E-state index in [9.17, 15) is 4.79 Å². The van der Waals surface area contributed by atoms with E-state index in [0.29, 0.717) is 12.2 Å². The summed E-state index contributed by atoms with van der Waals surface area (Å²) in [6, 6.07) is 5.68. The fourth-order valence-corrected chi connectivity index (χ4v) is 2.22. The van der Waals surface area contributed by atoms with Crippen molar-refractivity contribution >= 4 is 6.29 Å². The van der Waals surface area contributed by atoms with Crippen molar-refractivity contribution in [2.45, 2.75) is 27.4 Å². The fraction of sp³-hybridized carbons (Fsp3) is 0.333. The summed E-state index contributed by atoms with van der Waals surface area (Å²) in [5, 5.41) is 4.29. The molecule has 2 rings (SSSR count). The zero-order valence-corrected chi connectivity index (χ0v) is 11.7. The summed E-state index contributed by atoms with van der Waals surface area (Å²) < 4.78 is 7.69. The molecule has 0 atom stereocenters. The summed E-state index contributed by atoms with van der Waals surface area (Å²) in [7, 11) is 1.90. The first kappa shape index (κ1) is 13.3. The highest BCUT2D eigenvalue weighted by molar-refractivity contribution is 5.76. The third-order valence-corrected chi connectivity index (χ3v) is 3.08. The van der Waals surface area contributed by atoms with Gasteiger partial charge in [0.15, 0.2) is 0 Å². The van der Waals surface area contributed by atoms with Gasteiger partial charge in [-0.25, -0.2) is 0 Å². The topological polar surface area (TPSA) is 44.1 Å². The Labute approximate surface area is 113 Å². The van der Waals surface area contributed by atoms with Gasteiger partial charge in [0.1, 0.15) is 18.6 Å². The number of nitrogens with zero attached hydrogens (tertiary/aromatic N) is 2. The molecule has 0 unspecified atom stereocenters. The highest BCUT2D eigenvalue weighted by Crippen LogP contribution is 2.25. The van der Waals surface area contributed by atoms with E-state index in [1.807, 2.05) is 50.7 Å². The lowest BCUT2D eigenvalue weighted by atomic mass is 10.1. The number of hydrogen-bond acceptors (Lipinski definition) is 3. The lowest BCUT2D eigenvalue weighted by Gasteiger charge is -2.12. The summed E-state index contributed by atoms with van der Waals surface area (Å²) in [4.78, 5) is 10.8. The molecule has 2 aromatic rings. The average molecular weight is 258 g/mol. The number of ether oxygens (including phenoxy) is 1. The number of aromatic nitrogens is 2. The Bertz CT molecular complexity index is 592. The van der Waals surface area contributed by atoms with Crippen LogP contribution in [0.15, 0.2) is 18.2 Å². The van der Waals surface area contributed by atoms with E-state index in [1.54, 1.807) is 0 Å². The van der Waals surface area contributed by atoms with Crippen molar-refractivity contribution in [3.63, 3.8) is 0 Å². The first-order valence-electron chi connectivity index (χ1n) is 6.20. The molecular formula is C15H18N2O2. The van der Waals surface area contributed by atoms with Gasteiger partial charge in [0.05, 0.1) is 11.4 Å². The Balaban J connectivity index is 2.20. The van der Waals surface area contributed by atoms with Gasteiger partial charge in [-0.1, -0.05) is 0 Å². The third kappa shape index (κ3) is 2.84. The molecule has 0 aliphatic carbocycles. The largest absolute Gasteiger partial charge is 0.487 e. The van der Waals surface area contributed by atoms with Crippen LogP contribution in [-0.4, -0.2) is 16.1 Å². The zero-order chi connectivity index (χ0) is 14.0. The minimum absolute atomic E-state index is 0.472. The van der Waals surface area contributed by atoms with E-state index in [0.717, 1.165) is 34.6 Å². The number of hydrogen-bond donors (Lipinski definition) is 0. The standard InChI is InChI=1S/C15H18N2O2/c1-10-5-13(8-18)6-11(2)15(10)19-9-14-7-12(3)16-17(14)4/h5-8H,9H2,1-4H3. The van der Waals surface area contributed by atoms with Gasteiger partial charge < -0.3 is 4.74 Å². The molecular weight excluding hydrogens is 240 g/mol. The number of aldehydes is 1. The van der Waals surface area contributed by atoms with Crippen molar-refractivity contribution < 1.29 is 9.53 Å². The van der Waals surface area contributed by atoms with E-state index in [2.05, 4.69) is 5.10 Å². The van der Waals surface area contributed by atoms with Crippen LogP contribution in [0.4, 0.5) is 0 Å². The Kier molecular flexibility index (Phi) is 3.69. The van der Waals surface area contributed by atoms with Crippen LogP contribution in [0.3, 0.4) is 0 Å². The second kappa shape index (κ2) is 5.26. The quantitative estimate of drug-likeness (QED) is 0.792. The Hall–Kier alpha value is -2.10. The van der Waals surface area contributed by atoms with E-state index in [1.165, 1.54) is 0 Å². The molecule has 1 aromatic carbocycles. The molecule has 0 saturated heterocycles. The van der Waals surface area contributed by atoms with Gasteiger partial charge in [0, 0.05) is 12.6 Å². The molecule has 0 amide bonds. The van der Waals surface area contributed by atoms with Crippen LogP contribution in [0.25, 0.3) is 0 Å². The van der Waals surface area contributed by atoms with Crippen LogP contribution in [-0.2, 0) is 13.7 Å². The number of rotatable bonds is 4. The molecule has 0 bridgehead atoms. The first-order valence-corrected chi connectivity index (χ1v) is 6.20. The maximum atomic E-state index is 10.8. The van der Waals surface area contributed by atoms with Gasteiger partial charge in [0.2, 0.25) is 0 Å². The number of carbonyl (C=O) groups excluding carboxylic acids is 1. The van der Waals surface area contributed by atoms with E-state index in [-0.39, 0.29) is 0 Å². The highest BCUT2D eigenvalue weighted by Gasteiger charge is 2.08. The molecule has 0 radical (unpaired) electrons. The predicted molar refractivity (Wildman–Crippen MR) is 73.6 cm³/mol. The van der Waals surface area contributed by atoms with Crippen LogP contribution in [0.5, 0.6) is 5.75 Å². The van der Waals surface area contributed by atoms with Crippen molar-refractivity contribution in [3.05, 3.63) is 46.3 Å². The SMILES string of the molecule is Cc1cc(COc2c(C)cc(C=O)cc2C)n(C)n1. The molecule has 0 aliphatic rings. The Morgan fingerprint density at radius 3 is 2.32 bits per heavy atom. The van der Waals surface area contributed by atoms with Gasteiger partial charge in [0.25, 0.3) is 0 Å². The van der Waals surface area contributed by atoms with Gasteiger partial charge in [-0.15, -0.1) is 0 Å². The van der Waals surface area contributed by atoms with Gasteiger partial charge in [-0.3, -0.25) is 9.48 Å². The van der Waals surface area contributed by atoms with Gasteiger partial charge in [-0.05, 0) is 50.1 Å². The van der Waals surface area contributed by atoms with E-state index >= 15 is 0 Å². The van der Waals surface area contributed by atoms with Crippen LogP contribution in [0, 0.1) is 20.8 Å². The van der Waals surface area contributed by atoms with Crippen molar-refractivity contribution in [2.24, 2.45) is 7.05 Å². The minimum atomic E-state index is 0.472. The molecule has 0 spiro atoms. The first-order chi connectivity index (χ1) is 9.01. The predicted octanol–water partition coefficient (Wildman–Crippen LogP) is 2.74. The maximum absolute atomic E-state index is 10.8. The average Bonchev–Trinajstić information content (AvgIpc) is 2.66. The van der Waals surface area contributed by atoms with Gasteiger partial charge >= 0.3 is 0 Å². The van der Waals surface area contributed by atoms with Crippen molar-refractivity contribution in [2.75, 3.05) is 0 Å². The lowest BCUT2D eigenvalue weighted by Crippen LogP contribution is -2.05. The molecule has 0 saturated carbocycles. The summed E-state index contributed by atoms with van der Waals surface area (Å²) in [5.74, 6) is 0.837. The molecule has 4 nitrogen and oxygen atoms in total. The molecule has 0 fully saturated rings. The Morgan fingerprint density at radius 2 is 1.84 bits per heavy atom. The summed E-state index contributed by atoms with van der Waals surface area (Å²) in [6.07, 6.45) is 0.855. The van der Waals surface area contributed by atoms with Crippen molar-refractivity contribution in [1.29, 1.82) is 0 Å². The minimum Gasteiger partial charge on any atom is -0.487 e. The van der Waals surface area contributed by atoms with Gasteiger partial charge in [-0.2, -0.15) is 5.10 Å². The molecule has 19 heavy (non-hydrogen) atoms. The second-order valence-corrected chi connectivity index (χ2v) is 4.79. The normalized spacial score (nSPS) is 10.5. The van der Waals surface area contributed by atoms with Crippen LogP contribution >= 0.6 is 0 Å². The molecule has 1 aromatic heterocycles. The maximum Gasteiger partial charge on any atom is 0.150 e. The van der Waals surface area contributed by atoms with Crippen LogP contribution in [0.1, 0.15) is 32.9 Å². The highest BCUT2D eigenvalue weighted by atomic mass is 16.5. The zero-order valence-electron chi connectivity index (χ0n) is 11.7. The monoisotopic (exact) mass is 258 g/mol. The van der Waals surface area contributed by atoms with Crippen molar-refractivity contribution in [1.82, 2.24) is 9.78 Å². The third-order valence-electron chi connectivity index (χ3n) is 3.08. The molecule has 4 heteroatoms. The summed E-state index contributed by atoms with van der Waals surface area (Å²) in [5.41, 5.74) is 4.63.